The topological polar surface area (TPSA) is 61.0 Å². The average Bonchev–Trinajstić information content (AvgIpc) is 2.90. The monoisotopic (exact) mass is 339 g/mol. The summed E-state index contributed by atoms with van der Waals surface area (Å²) in [6.07, 6.45) is 0.850. The van der Waals surface area contributed by atoms with Crippen molar-refractivity contribution in [1.29, 1.82) is 0 Å². The van der Waals surface area contributed by atoms with Crippen LogP contribution in [0.2, 0.25) is 0 Å². The third-order valence-electron chi connectivity index (χ3n) is 4.25. The van der Waals surface area contributed by atoms with Crippen LogP contribution in [-0.4, -0.2) is 20.4 Å². The maximum atomic E-state index is 11.0. The predicted molar refractivity (Wildman–Crippen MR) is 96.7 cm³/mol. The number of nitro benzene ring substituents is 1. The molecule has 6 heteroatoms. The molecule has 0 unspecified atom stereocenters. The zero-order chi connectivity index (χ0) is 16.7. The molecule has 0 atom stereocenters. The van der Waals surface area contributed by atoms with Crippen LogP contribution >= 0.6 is 11.6 Å². The maximum absolute atomic E-state index is 11.0. The molecule has 0 aliphatic carbocycles. The number of aryl methyl sites for hydroxylation is 1. The molecule has 2 aromatic heterocycles. The molecule has 0 bridgehead atoms. The lowest BCUT2D eigenvalue weighted by atomic mass is 10.1. The molecule has 4 aromatic rings. The fourth-order valence-corrected chi connectivity index (χ4v) is 3.29. The Bertz CT molecular complexity index is 1090. The fraction of sp³-hybridized carbons (Fsp3) is 0.167. The van der Waals surface area contributed by atoms with Crippen LogP contribution in [0.25, 0.3) is 32.8 Å². The van der Waals surface area contributed by atoms with Crippen molar-refractivity contribution in [2.45, 2.75) is 13.0 Å². The van der Waals surface area contributed by atoms with Crippen LogP contribution in [0.4, 0.5) is 5.69 Å². The quantitative estimate of drug-likeness (QED) is 0.302. The van der Waals surface area contributed by atoms with E-state index in [9.17, 15) is 10.1 Å². The summed E-state index contributed by atoms with van der Waals surface area (Å²) >= 11 is 5.87. The Morgan fingerprint density at radius 3 is 2.75 bits per heavy atom. The van der Waals surface area contributed by atoms with Crippen LogP contribution in [0.15, 0.2) is 48.5 Å². The summed E-state index contributed by atoms with van der Waals surface area (Å²) in [6.45, 7) is 0.787. The minimum absolute atomic E-state index is 0.0760. The van der Waals surface area contributed by atoms with E-state index in [0.29, 0.717) is 5.88 Å². The number of hydrogen-bond acceptors (Lipinski definition) is 3. The Morgan fingerprint density at radius 2 is 1.96 bits per heavy atom. The number of halogens is 1. The van der Waals surface area contributed by atoms with Crippen LogP contribution in [-0.2, 0) is 6.54 Å². The lowest BCUT2D eigenvalue weighted by Crippen LogP contribution is -1.98. The fourth-order valence-electron chi connectivity index (χ4n) is 3.17. The van der Waals surface area contributed by atoms with Crippen LogP contribution in [0, 0.1) is 10.1 Å². The van der Waals surface area contributed by atoms with Gasteiger partial charge in [0.15, 0.2) is 0 Å². The molecule has 0 aliphatic heterocycles. The molecule has 2 aromatic carbocycles. The van der Waals surface area contributed by atoms with Gasteiger partial charge in [0.2, 0.25) is 0 Å². The van der Waals surface area contributed by atoms with Crippen molar-refractivity contribution in [2.75, 3.05) is 5.88 Å². The van der Waals surface area contributed by atoms with Crippen molar-refractivity contribution in [3.05, 3.63) is 58.6 Å². The van der Waals surface area contributed by atoms with Gasteiger partial charge in [0, 0.05) is 35.3 Å². The first-order valence-corrected chi connectivity index (χ1v) is 8.24. The molecule has 0 N–H and O–H groups in total. The summed E-state index contributed by atoms with van der Waals surface area (Å²) < 4.78 is 2.19. The summed E-state index contributed by atoms with van der Waals surface area (Å²) in [7, 11) is 0. The van der Waals surface area contributed by atoms with Crippen molar-refractivity contribution in [2.24, 2.45) is 0 Å². The molecule has 5 nitrogen and oxygen atoms in total. The maximum Gasteiger partial charge on any atom is 0.270 e. The molecular weight excluding hydrogens is 326 g/mol. The summed E-state index contributed by atoms with van der Waals surface area (Å²) in [6, 6.07) is 14.9. The molecule has 0 fully saturated rings. The van der Waals surface area contributed by atoms with E-state index >= 15 is 0 Å². The van der Waals surface area contributed by atoms with E-state index in [1.54, 1.807) is 12.1 Å². The molecule has 0 amide bonds. The van der Waals surface area contributed by atoms with Crippen molar-refractivity contribution in [1.82, 2.24) is 9.55 Å². The Balaban J connectivity index is 2.07. The van der Waals surface area contributed by atoms with Gasteiger partial charge < -0.3 is 4.57 Å². The Labute approximate surface area is 142 Å². The normalized spacial score (nSPS) is 11.5. The molecule has 120 valence electrons. The zero-order valence-corrected chi connectivity index (χ0v) is 13.5. The minimum Gasteiger partial charge on any atom is -0.339 e. The van der Waals surface area contributed by atoms with Gasteiger partial charge in [-0.1, -0.05) is 18.2 Å². The third kappa shape index (κ3) is 2.29. The van der Waals surface area contributed by atoms with E-state index in [4.69, 9.17) is 16.6 Å². The molecule has 0 radical (unpaired) electrons. The second-order valence-electron chi connectivity index (χ2n) is 5.70. The van der Waals surface area contributed by atoms with Crippen LogP contribution in [0.1, 0.15) is 6.42 Å². The second-order valence-corrected chi connectivity index (χ2v) is 6.08. The summed E-state index contributed by atoms with van der Waals surface area (Å²) in [5, 5.41) is 12.9. The Hall–Kier alpha value is -2.66. The number of benzene rings is 2. The molecule has 0 aliphatic rings. The molecule has 0 saturated heterocycles. The van der Waals surface area contributed by atoms with Gasteiger partial charge in [-0.15, -0.1) is 11.6 Å². The lowest BCUT2D eigenvalue weighted by molar-refractivity contribution is -0.384. The van der Waals surface area contributed by atoms with Gasteiger partial charge >= 0.3 is 0 Å². The molecule has 4 rings (SSSR count). The van der Waals surface area contributed by atoms with Gasteiger partial charge in [0.25, 0.3) is 5.69 Å². The second kappa shape index (κ2) is 5.76. The Kier molecular flexibility index (Phi) is 3.58. The van der Waals surface area contributed by atoms with E-state index in [-0.39, 0.29) is 10.6 Å². The zero-order valence-electron chi connectivity index (χ0n) is 12.8. The number of rotatable bonds is 4. The lowest BCUT2D eigenvalue weighted by Gasteiger charge is -2.06. The predicted octanol–water partition coefficient (Wildman–Crippen LogP) is 4.88. The van der Waals surface area contributed by atoms with Gasteiger partial charge in [-0.2, -0.15) is 0 Å². The van der Waals surface area contributed by atoms with E-state index in [1.807, 2.05) is 18.2 Å². The van der Waals surface area contributed by atoms with Gasteiger partial charge in [-0.05, 0) is 24.6 Å². The van der Waals surface area contributed by atoms with E-state index in [0.717, 1.165) is 45.8 Å². The van der Waals surface area contributed by atoms with Crippen molar-refractivity contribution in [3.8, 4) is 0 Å². The molecule has 0 saturated carbocycles. The van der Waals surface area contributed by atoms with Gasteiger partial charge in [0.1, 0.15) is 0 Å². The number of non-ortho nitro benzene ring substituents is 1. The number of pyridine rings is 1. The largest absolute Gasteiger partial charge is 0.339 e. The van der Waals surface area contributed by atoms with Crippen LogP contribution in [0.3, 0.4) is 0 Å². The van der Waals surface area contributed by atoms with Gasteiger partial charge in [0.05, 0.1) is 27.0 Å². The number of aromatic nitrogens is 2. The smallest absolute Gasteiger partial charge is 0.270 e. The first-order chi connectivity index (χ1) is 11.7. The number of nitro groups is 1. The summed E-state index contributed by atoms with van der Waals surface area (Å²) in [5.41, 5.74) is 3.84. The third-order valence-corrected chi connectivity index (χ3v) is 4.51. The number of para-hydroxylation sites is 1. The van der Waals surface area contributed by atoms with Gasteiger partial charge in [-0.25, -0.2) is 4.98 Å². The van der Waals surface area contributed by atoms with Gasteiger partial charge in [-0.3, -0.25) is 10.1 Å². The first-order valence-electron chi connectivity index (χ1n) is 7.71. The van der Waals surface area contributed by atoms with Crippen molar-refractivity contribution >= 4 is 50.1 Å². The van der Waals surface area contributed by atoms with Crippen molar-refractivity contribution < 1.29 is 4.92 Å². The molecular formula is C18H14ClN3O2. The highest BCUT2D eigenvalue weighted by Gasteiger charge is 2.14. The summed E-state index contributed by atoms with van der Waals surface area (Å²) in [4.78, 5) is 15.4. The molecule has 0 spiro atoms. The average molecular weight is 340 g/mol. The highest BCUT2D eigenvalue weighted by Crippen LogP contribution is 2.31. The standard InChI is InChI=1S/C18H14ClN3O2/c19-8-3-9-21-16-5-2-1-4-14(16)18-17(21)11-12-10-13(22(23)24)6-7-15(12)20-18/h1-2,4-7,10-11H,3,8-9H2. The Morgan fingerprint density at radius 1 is 1.12 bits per heavy atom. The van der Waals surface area contributed by atoms with E-state index in [2.05, 4.69) is 16.7 Å². The number of nitrogens with zero attached hydrogens (tertiary/aromatic N) is 3. The van der Waals surface area contributed by atoms with E-state index < -0.39 is 0 Å². The highest BCUT2D eigenvalue weighted by molar-refractivity contribution is 6.17. The number of alkyl halides is 1. The van der Waals surface area contributed by atoms with Crippen molar-refractivity contribution in [3.63, 3.8) is 0 Å². The summed E-state index contributed by atoms with van der Waals surface area (Å²) in [5.74, 6) is 0.584. The SMILES string of the molecule is O=[N+]([O-])c1ccc2nc3c4ccccc4n(CCCCl)c3cc2c1. The number of hydrogen-bond donors (Lipinski definition) is 0. The van der Waals surface area contributed by atoms with E-state index in [1.165, 1.54) is 6.07 Å². The molecule has 2 heterocycles. The van der Waals surface area contributed by atoms with Crippen LogP contribution in [0.5, 0.6) is 0 Å². The number of fused-ring (bicyclic) bond motifs is 4. The molecule has 24 heavy (non-hydrogen) atoms. The first kappa shape index (κ1) is 14.9. The van der Waals surface area contributed by atoms with Crippen LogP contribution < -0.4 is 0 Å². The highest BCUT2D eigenvalue weighted by atomic mass is 35.5. The minimum atomic E-state index is -0.382.